The monoisotopic (exact) mass is 512 g/mol. The van der Waals surface area contributed by atoms with Crippen LogP contribution in [0, 0.1) is 6.92 Å². The molecule has 2 aromatic carbocycles. The predicted molar refractivity (Wildman–Crippen MR) is 132 cm³/mol. The van der Waals surface area contributed by atoms with E-state index in [1.54, 1.807) is 55.1 Å². The Labute approximate surface area is 202 Å². The lowest BCUT2D eigenvalue weighted by Crippen LogP contribution is -2.09. The zero-order chi connectivity index (χ0) is 23.7. The minimum Gasteiger partial charge on any atom is -0.478 e. The van der Waals surface area contributed by atoms with Gasteiger partial charge in [0.25, 0.3) is 0 Å². The van der Waals surface area contributed by atoms with E-state index in [-0.39, 0.29) is 0 Å². The summed E-state index contributed by atoms with van der Waals surface area (Å²) in [5.74, 6) is 0.595. The van der Waals surface area contributed by atoms with Gasteiger partial charge in [0.1, 0.15) is 0 Å². The topological polar surface area (TPSA) is 96.4 Å². The van der Waals surface area contributed by atoms with Gasteiger partial charge in [-0.05, 0) is 48.4 Å². The van der Waals surface area contributed by atoms with Crippen molar-refractivity contribution in [2.24, 2.45) is 0 Å². The fourth-order valence-electron chi connectivity index (χ4n) is 2.50. The minimum atomic E-state index is -3.27. The van der Waals surface area contributed by atoms with Gasteiger partial charge in [0, 0.05) is 21.6 Å². The summed E-state index contributed by atoms with van der Waals surface area (Å²) in [7, 11) is -3.27. The molecule has 6 nitrogen and oxygen atoms in total. The molecule has 0 unspecified atom stereocenters. The lowest BCUT2D eigenvalue weighted by atomic mass is 10.1. The molecule has 0 saturated heterocycles. The molecule has 0 fully saturated rings. The normalized spacial score (nSPS) is 10.8. The Hall–Kier alpha value is -2.26. The second-order valence-corrected chi connectivity index (χ2v) is 10.3. The number of hydrogen-bond donors (Lipinski definition) is 2. The molecule has 1 aromatic heterocycles. The molecule has 0 spiro atoms. The summed E-state index contributed by atoms with van der Waals surface area (Å²) in [6, 6.07) is 15.9. The Balaban J connectivity index is 0.000000303. The quantitative estimate of drug-likeness (QED) is 0.409. The SMILES string of the molecule is CS(=O)(=O)Nc1ccc(CSCc2ccc(Cl)cc2Cl)nc1.Cc1ccccc1C(=O)O. The van der Waals surface area contributed by atoms with Crippen LogP contribution in [0.4, 0.5) is 5.69 Å². The van der Waals surface area contributed by atoms with Crippen molar-refractivity contribution in [2.45, 2.75) is 18.4 Å². The zero-order valence-corrected chi connectivity index (χ0v) is 20.5. The third kappa shape index (κ3) is 9.08. The van der Waals surface area contributed by atoms with Crippen LogP contribution in [0.25, 0.3) is 0 Å². The molecule has 10 heteroatoms. The van der Waals surface area contributed by atoms with Crippen LogP contribution in [-0.4, -0.2) is 30.7 Å². The van der Waals surface area contributed by atoms with E-state index in [4.69, 9.17) is 28.3 Å². The number of anilines is 1. The van der Waals surface area contributed by atoms with Crippen LogP contribution in [-0.2, 0) is 21.5 Å². The number of thioether (sulfide) groups is 1. The second-order valence-electron chi connectivity index (χ2n) is 6.76. The van der Waals surface area contributed by atoms with E-state index in [0.717, 1.165) is 28.8 Å². The highest BCUT2D eigenvalue weighted by atomic mass is 35.5. The number of carboxylic acid groups (broad SMARTS) is 1. The van der Waals surface area contributed by atoms with Crippen LogP contribution in [0.5, 0.6) is 0 Å². The van der Waals surface area contributed by atoms with E-state index in [1.165, 1.54) is 6.20 Å². The van der Waals surface area contributed by atoms with Crippen molar-refractivity contribution < 1.29 is 18.3 Å². The number of hydrogen-bond acceptors (Lipinski definition) is 5. The van der Waals surface area contributed by atoms with Crippen LogP contribution in [0.2, 0.25) is 10.0 Å². The number of halogens is 2. The van der Waals surface area contributed by atoms with Crippen LogP contribution in [0.1, 0.15) is 27.2 Å². The molecule has 0 amide bonds. The fourth-order valence-corrected chi connectivity index (χ4v) is 4.56. The van der Waals surface area contributed by atoms with Gasteiger partial charge in [-0.2, -0.15) is 11.8 Å². The van der Waals surface area contributed by atoms with Crippen molar-refractivity contribution in [3.8, 4) is 0 Å². The number of aromatic carboxylic acids is 1. The molecule has 2 N–H and O–H groups in total. The molecule has 170 valence electrons. The van der Waals surface area contributed by atoms with Gasteiger partial charge in [-0.15, -0.1) is 0 Å². The van der Waals surface area contributed by atoms with Crippen LogP contribution in [0.15, 0.2) is 60.8 Å². The maximum atomic E-state index is 11.1. The van der Waals surface area contributed by atoms with E-state index in [2.05, 4.69) is 9.71 Å². The summed E-state index contributed by atoms with van der Waals surface area (Å²) in [6.07, 6.45) is 2.61. The van der Waals surface area contributed by atoms with Gasteiger partial charge in [-0.3, -0.25) is 9.71 Å². The first-order chi connectivity index (χ1) is 15.0. The van der Waals surface area contributed by atoms with Crippen molar-refractivity contribution in [3.05, 3.63) is 93.2 Å². The lowest BCUT2D eigenvalue weighted by Gasteiger charge is -2.06. The molecule has 0 aliphatic carbocycles. The van der Waals surface area contributed by atoms with E-state index in [1.807, 2.05) is 18.2 Å². The first kappa shape index (κ1) is 26.0. The molecular formula is C22H22Cl2N2O4S2. The van der Waals surface area contributed by atoms with Gasteiger partial charge in [-0.1, -0.05) is 47.5 Å². The number of aromatic nitrogens is 1. The van der Waals surface area contributed by atoms with Gasteiger partial charge in [0.2, 0.25) is 10.0 Å². The van der Waals surface area contributed by atoms with E-state index >= 15 is 0 Å². The summed E-state index contributed by atoms with van der Waals surface area (Å²) in [6.45, 7) is 1.78. The maximum absolute atomic E-state index is 11.1. The molecule has 3 aromatic rings. The third-order valence-corrected chi connectivity index (χ3v) is 6.23. The molecule has 0 radical (unpaired) electrons. The highest BCUT2D eigenvalue weighted by Gasteiger charge is 2.05. The summed E-state index contributed by atoms with van der Waals surface area (Å²) < 4.78 is 24.6. The number of pyridine rings is 1. The Kier molecular flexibility index (Phi) is 9.84. The molecule has 3 rings (SSSR count). The Bertz CT molecular complexity index is 1170. The number of aryl methyl sites for hydroxylation is 1. The highest BCUT2D eigenvalue weighted by Crippen LogP contribution is 2.26. The van der Waals surface area contributed by atoms with Gasteiger partial charge in [0.05, 0.1) is 29.4 Å². The summed E-state index contributed by atoms with van der Waals surface area (Å²) >= 11 is 13.6. The molecular weight excluding hydrogens is 491 g/mol. The Morgan fingerprint density at radius 2 is 1.81 bits per heavy atom. The van der Waals surface area contributed by atoms with E-state index in [0.29, 0.717) is 27.0 Å². The lowest BCUT2D eigenvalue weighted by molar-refractivity contribution is 0.0696. The number of sulfonamides is 1. The standard InChI is InChI=1S/C14H14Cl2N2O2S2.C8H8O2/c1-22(19,20)18-12-4-5-13(17-7-12)9-21-8-10-2-3-11(15)6-14(10)16;1-6-4-2-3-5-7(6)8(9)10/h2-7,18H,8-9H2,1H3;2-5H,1H3,(H,9,10). The smallest absolute Gasteiger partial charge is 0.335 e. The molecule has 1 heterocycles. The number of carboxylic acids is 1. The molecule has 0 aliphatic heterocycles. The number of nitrogens with zero attached hydrogens (tertiary/aromatic N) is 1. The predicted octanol–water partition coefficient (Wildman–Crippen LogP) is 5.89. The average Bonchev–Trinajstić information content (AvgIpc) is 2.70. The van der Waals surface area contributed by atoms with E-state index < -0.39 is 16.0 Å². The van der Waals surface area contributed by atoms with Crippen LogP contribution < -0.4 is 4.72 Å². The third-order valence-electron chi connectivity index (χ3n) is 4.03. The average molecular weight is 513 g/mol. The van der Waals surface area contributed by atoms with Crippen molar-refractivity contribution in [1.29, 1.82) is 0 Å². The molecule has 0 aliphatic rings. The largest absolute Gasteiger partial charge is 0.478 e. The van der Waals surface area contributed by atoms with Gasteiger partial charge < -0.3 is 5.11 Å². The summed E-state index contributed by atoms with van der Waals surface area (Å²) in [5, 5.41) is 9.84. The molecule has 32 heavy (non-hydrogen) atoms. The minimum absolute atomic E-state index is 0.377. The summed E-state index contributed by atoms with van der Waals surface area (Å²) in [4.78, 5) is 14.7. The molecule has 0 saturated carbocycles. The number of carbonyl (C=O) groups is 1. The van der Waals surface area contributed by atoms with Crippen LogP contribution in [0.3, 0.4) is 0 Å². The number of benzene rings is 2. The van der Waals surface area contributed by atoms with Crippen molar-refractivity contribution in [2.75, 3.05) is 11.0 Å². The summed E-state index contributed by atoms with van der Waals surface area (Å²) in [5.41, 5.74) is 3.52. The Morgan fingerprint density at radius 3 is 2.34 bits per heavy atom. The zero-order valence-electron chi connectivity index (χ0n) is 17.4. The van der Waals surface area contributed by atoms with Gasteiger partial charge in [0.15, 0.2) is 0 Å². The first-order valence-corrected chi connectivity index (χ1v) is 13.1. The highest BCUT2D eigenvalue weighted by molar-refractivity contribution is 7.97. The first-order valence-electron chi connectivity index (χ1n) is 9.28. The molecule has 0 bridgehead atoms. The van der Waals surface area contributed by atoms with Gasteiger partial charge in [-0.25, -0.2) is 13.2 Å². The van der Waals surface area contributed by atoms with Crippen molar-refractivity contribution >= 4 is 56.6 Å². The molecule has 0 atom stereocenters. The number of rotatable bonds is 7. The van der Waals surface area contributed by atoms with Crippen LogP contribution >= 0.6 is 35.0 Å². The van der Waals surface area contributed by atoms with Crippen molar-refractivity contribution in [1.82, 2.24) is 4.98 Å². The second kappa shape index (κ2) is 12.1. The Morgan fingerprint density at radius 1 is 1.09 bits per heavy atom. The fraction of sp³-hybridized carbons (Fsp3) is 0.182. The van der Waals surface area contributed by atoms with Crippen molar-refractivity contribution in [3.63, 3.8) is 0 Å². The van der Waals surface area contributed by atoms with Gasteiger partial charge >= 0.3 is 5.97 Å². The van der Waals surface area contributed by atoms with E-state index in [9.17, 15) is 13.2 Å². The maximum Gasteiger partial charge on any atom is 0.335 e. The number of nitrogens with one attached hydrogen (secondary N) is 1.